The summed E-state index contributed by atoms with van der Waals surface area (Å²) in [6.07, 6.45) is 3.72. The second kappa shape index (κ2) is 6.31. The molecule has 2 heterocycles. The number of halogens is 1. The van der Waals surface area contributed by atoms with Crippen molar-refractivity contribution in [1.29, 1.82) is 0 Å². The lowest BCUT2D eigenvalue weighted by Crippen LogP contribution is -2.30. The Labute approximate surface area is 115 Å². The molecule has 0 unspecified atom stereocenters. The second-order valence-electron chi connectivity index (χ2n) is 4.44. The Morgan fingerprint density at radius 2 is 2.22 bits per heavy atom. The maximum Gasteiger partial charge on any atom is 0.159 e. The number of hydrogen-bond acceptors (Lipinski definition) is 6. The van der Waals surface area contributed by atoms with Gasteiger partial charge in [-0.25, -0.2) is 15.8 Å². The van der Waals surface area contributed by atoms with E-state index in [1.807, 2.05) is 7.05 Å². The molecule has 1 fully saturated rings. The van der Waals surface area contributed by atoms with E-state index in [2.05, 4.69) is 36.2 Å². The van der Waals surface area contributed by atoms with Crippen LogP contribution in [0.15, 0.2) is 10.8 Å². The van der Waals surface area contributed by atoms with E-state index in [4.69, 9.17) is 10.6 Å². The Morgan fingerprint density at radius 3 is 2.89 bits per heavy atom. The van der Waals surface area contributed by atoms with Crippen LogP contribution in [-0.4, -0.2) is 36.8 Å². The quantitative estimate of drug-likeness (QED) is 0.646. The number of anilines is 2. The Bertz CT molecular complexity index is 397. The van der Waals surface area contributed by atoms with Crippen molar-refractivity contribution in [3.8, 4) is 0 Å². The number of hydrogen-bond donors (Lipinski definition) is 2. The molecule has 1 aromatic heterocycles. The molecular formula is C11H18BrN5O. The third-order valence-electron chi connectivity index (χ3n) is 3.14. The minimum atomic E-state index is 0.596. The molecule has 1 aromatic rings. The summed E-state index contributed by atoms with van der Waals surface area (Å²) in [5, 5.41) is 0. The molecule has 1 aliphatic rings. The molecule has 0 spiro atoms. The lowest BCUT2D eigenvalue weighted by atomic mass is 10.00. The fourth-order valence-corrected chi connectivity index (χ4v) is 2.75. The van der Waals surface area contributed by atoms with E-state index < -0.39 is 0 Å². The average molecular weight is 316 g/mol. The van der Waals surface area contributed by atoms with E-state index in [9.17, 15) is 0 Å². The lowest BCUT2D eigenvalue weighted by molar-refractivity contribution is 0.0685. The van der Waals surface area contributed by atoms with Gasteiger partial charge in [-0.05, 0) is 34.7 Å². The van der Waals surface area contributed by atoms with E-state index in [0.717, 1.165) is 42.9 Å². The molecular weight excluding hydrogens is 298 g/mol. The van der Waals surface area contributed by atoms with Crippen molar-refractivity contribution < 1.29 is 4.74 Å². The van der Waals surface area contributed by atoms with Gasteiger partial charge in [0, 0.05) is 26.8 Å². The molecule has 18 heavy (non-hydrogen) atoms. The van der Waals surface area contributed by atoms with Crippen LogP contribution in [0.4, 0.5) is 11.6 Å². The number of nitrogen functional groups attached to an aromatic ring is 1. The number of nitrogens with one attached hydrogen (secondary N) is 1. The standard InChI is InChI=1S/C11H18BrN5O/c1-17(6-8-2-4-18-5-3-8)11-9(12)10(16-13)14-7-15-11/h7-8H,2-6,13H2,1H3,(H,14,15,16). The number of nitrogens with zero attached hydrogens (tertiary/aromatic N) is 3. The third-order valence-corrected chi connectivity index (χ3v) is 3.87. The molecule has 1 saturated heterocycles. The molecule has 0 radical (unpaired) electrons. The van der Waals surface area contributed by atoms with E-state index in [-0.39, 0.29) is 0 Å². The van der Waals surface area contributed by atoms with E-state index in [1.165, 1.54) is 6.33 Å². The highest BCUT2D eigenvalue weighted by Gasteiger charge is 2.18. The van der Waals surface area contributed by atoms with Gasteiger partial charge in [-0.1, -0.05) is 0 Å². The summed E-state index contributed by atoms with van der Waals surface area (Å²) in [5.41, 5.74) is 2.55. The van der Waals surface area contributed by atoms with Crippen LogP contribution in [0.2, 0.25) is 0 Å². The maximum absolute atomic E-state index is 5.40. The van der Waals surface area contributed by atoms with Crippen LogP contribution in [0, 0.1) is 5.92 Å². The van der Waals surface area contributed by atoms with E-state index in [0.29, 0.717) is 11.7 Å². The Kier molecular flexibility index (Phi) is 4.73. The minimum absolute atomic E-state index is 0.596. The lowest BCUT2D eigenvalue weighted by Gasteiger charge is -2.28. The zero-order valence-corrected chi connectivity index (χ0v) is 12.0. The molecule has 0 aromatic carbocycles. The van der Waals surface area contributed by atoms with Crippen LogP contribution < -0.4 is 16.2 Å². The zero-order valence-electron chi connectivity index (χ0n) is 10.4. The summed E-state index contributed by atoms with van der Waals surface area (Å²) in [7, 11) is 2.03. The normalized spacial score (nSPS) is 16.6. The van der Waals surface area contributed by atoms with Gasteiger partial charge < -0.3 is 15.1 Å². The van der Waals surface area contributed by atoms with Gasteiger partial charge in [-0.3, -0.25) is 0 Å². The molecule has 3 N–H and O–H groups in total. The number of hydrazine groups is 1. The van der Waals surface area contributed by atoms with Gasteiger partial charge in [0.1, 0.15) is 16.6 Å². The Morgan fingerprint density at radius 1 is 1.50 bits per heavy atom. The van der Waals surface area contributed by atoms with Crippen LogP contribution >= 0.6 is 15.9 Å². The fourth-order valence-electron chi connectivity index (χ4n) is 2.13. The topological polar surface area (TPSA) is 76.3 Å². The molecule has 0 atom stereocenters. The highest BCUT2D eigenvalue weighted by molar-refractivity contribution is 9.10. The number of aromatic nitrogens is 2. The molecule has 0 saturated carbocycles. The molecule has 6 nitrogen and oxygen atoms in total. The molecule has 100 valence electrons. The van der Waals surface area contributed by atoms with Crippen molar-refractivity contribution in [2.24, 2.45) is 11.8 Å². The number of rotatable bonds is 4. The second-order valence-corrected chi connectivity index (χ2v) is 5.23. The summed E-state index contributed by atoms with van der Waals surface area (Å²) in [4.78, 5) is 10.5. The highest BCUT2D eigenvalue weighted by atomic mass is 79.9. The van der Waals surface area contributed by atoms with E-state index in [1.54, 1.807) is 0 Å². The van der Waals surface area contributed by atoms with Crippen molar-refractivity contribution >= 4 is 27.6 Å². The van der Waals surface area contributed by atoms with E-state index >= 15 is 0 Å². The van der Waals surface area contributed by atoms with Crippen molar-refractivity contribution in [2.45, 2.75) is 12.8 Å². The molecule has 0 bridgehead atoms. The number of ether oxygens (including phenoxy) is 1. The summed E-state index contributed by atoms with van der Waals surface area (Å²) in [6, 6.07) is 0. The van der Waals surface area contributed by atoms with Crippen LogP contribution in [-0.2, 0) is 4.74 Å². The van der Waals surface area contributed by atoms with Gasteiger partial charge in [0.05, 0.1) is 0 Å². The first-order valence-corrected chi connectivity index (χ1v) is 6.77. The van der Waals surface area contributed by atoms with Gasteiger partial charge in [0.2, 0.25) is 0 Å². The first-order chi connectivity index (χ1) is 8.72. The predicted molar refractivity (Wildman–Crippen MR) is 74.4 cm³/mol. The van der Waals surface area contributed by atoms with Crippen LogP contribution in [0.1, 0.15) is 12.8 Å². The summed E-state index contributed by atoms with van der Waals surface area (Å²) in [5.74, 6) is 7.50. The highest BCUT2D eigenvalue weighted by Crippen LogP contribution is 2.29. The summed E-state index contributed by atoms with van der Waals surface area (Å²) < 4.78 is 6.16. The van der Waals surface area contributed by atoms with Crippen molar-refractivity contribution in [1.82, 2.24) is 9.97 Å². The molecule has 0 aliphatic carbocycles. The maximum atomic E-state index is 5.40. The van der Waals surface area contributed by atoms with Gasteiger partial charge in [0.15, 0.2) is 5.82 Å². The largest absolute Gasteiger partial charge is 0.381 e. The molecule has 2 rings (SSSR count). The Balaban J connectivity index is 2.05. The fraction of sp³-hybridized carbons (Fsp3) is 0.636. The van der Waals surface area contributed by atoms with Crippen molar-refractivity contribution in [2.75, 3.05) is 37.1 Å². The molecule has 0 amide bonds. The smallest absolute Gasteiger partial charge is 0.159 e. The SMILES string of the molecule is CN(CC1CCOCC1)c1ncnc(NN)c1Br. The first-order valence-electron chi connectivity index (χ1n) is 5.98. The first kappa shape index (κ1) is 13.5. The zero-order chi connectivity index (χ0) is 13.0. The van der Waals surface area contributed by atoms with Crippen molar-refractivity contribution in [3.63, 3.8) is 0 Å². The van der Waals surface area contributed by atoms with Crippen LogP contribution in [0.3, 0.4) is 0 Å². The predicted octanol–water partition coefficient (Wildman–Crippen LogP) is 1.39. The molecule has 1 aliphatic heterocycles. The van der Waals surface area contributed by atoms with Crippen LogP contribution in [0.5, 0.6) is 0 Å². The van der Waals surface area contributed by atoms with Gasteiger partial charge in [0.25, 0.3) is 0 Å². The van der Waals surface area contributed by atoms with Crippen molar-refractivity contribution in [3.05, 3.63) is 10.8 Å². The third kappa shape index (κ3) is 3.09. The summed E-state index contributed by atoms with van der Waals surface area (Å²) >= 11 is 3.47. The van der Waals surface area contributed by atoms with Gasteiger partial charge >= 0.3 is 0 Å². The minimum Gasteiger partial charge on any atom is -0.381 e. The Hall–Kier alpha value is -0.920. The number of nitrogens with two attached hydrogens (primary N) is 1. The van der Waals surface area contributed by atoms with Crippen LogP contribution in [0.25, 0.3) is 0 Å². The monoisotopic (exact) mass is 315 g/mol. The summed E-state index contributed by atoms with van der Waals surface area (Å²) in [6.45, 7) is 2.68. The van der Waals surface area contributed by atoms with Gasteiger partial charge in [-0.15, -0.1) is 0 Å². The average Bonchev–Trinajstić information content (AvgIpc) is 2.40. The molecule has 7 heteroatoms. The van der Waals surface area contributed by atoms with Gasteiger partial charge in [-0.2, -0.15) is 0 Å².